The largest absolute Gasteiger partial charge is 0.353 e. The van der Waals surface area contributed by atoms with Gasteiger partial charge < -0.3 is 20.0 Å². The Kier molecular flexibility index (Phi) is 8.52. The summed E-state index contributed by atoms with van der Waals surface area (Å²) in [6, 6.07) is 2.30. The summed E-state index contributed by atoms with van der Waals surface area (Å²) in [5.74, 6) is 1.66. The Morgan fingerprint density at radius 1 is 1.19 bits per heavy atom. The molecule has 1 aliphatic carbocycles. The minimum absolute atomic E-state index is 0. The van der Waals surface area contributed by atoms with E-state index in [1.807, 2.05) is 6.07 Å². The summed E-state index contributed by atoms with van der Waals surface area (Å²) in [6.07, 6.45) is 8.44. The Bertz CT molecular complexity index is 611. The summed E-state index contributed by atoms with van der Waals surface area (Å²) in [4.78, 5) is 31.3. The monoisotopic (exact) mass is 487 g/mol. The number of aromatic nitrogens is 2. The molecule has 0 unspecified atom stereocenters. The van der Waals surface area contributed by atoms with Crippen LogP contribution in [0.25, 0.3) is 0 Å². The van der Waals surface area contributed by atoms with Crippen LogP contribution in [0, 0.1) is 0 Å². The summed E-state index contributed by atoms with van der Waals surface area (Å²) >= 11 is 0. The second-order valence-corrected chi connectivity index (χ2v) is 7.08. The molecule has 2 fully saturated rings. The van der Waals surface area contributed by atoms with Crippen molar-refractivity contribution in [3.63, 3.8) is 0 Å². The summed E-state index contributed by atoms with van der Waals surface area (Å²) in [6.45, 7) is 3.55. The third-order valence-corrected chi connectivity index (χ3v) is 4.97. The third-order valence-electron chi connectivity index (χ3n) is 4.97. The standard InChI is InChI=1S/C18H29N7O.HI/c1-23(2)16(26)14-21-18(22-15-6-3-4-7-15)25-12-10-24(11-13-25)17-19-8-5-9-20-17;/h5,8-9,15H,3-4,6-7,10-14H2,1-2H3,(H,21,22);1H. The number of halogens is 1. The van der Waals surface area contributed by atoms with E-state index in [0.29, 0.717) is 6.04 Å². The van der Waals surface area contributed by atoms with Crippen molar-refractivity contribution in [1.82, 2.24) is 25.1 Å². The lowest BCUT2D eigenvalue weighted by molar-refractivity contribution is -0.127. The number of guanidine groups is 1. The topological polar surface area (TPSA) is 77.0 Å². The Labute approximate surface area is 178 Å². The molecule has 0 spiro atoms. The van der Waals surface area contributed by atoms with Gasteiger partial charge in [-0.3, -0.25) is 4.79 Å². The van der Waals surface area contributed by atoms with Crippen molar-refractivity contribution in [1.29, 1.82) is 0 Å². The zero-order chi connectivity index (χ0) is 18.4. The molecule has 1 N–H and O–H groups in total. The van der Waals surface area contributed by atoms with Gasteiger partial charge in [-0.15, -0.1) is 24.0 Å². The summed E-state index contributed by atoms with van der Waals surface area (Å²) in [5.41, 5.74) is 0. The molecule has 27 heavy (non-hydrogen) atoms. The second kappa shape index (κ2) is 10.6. The average Bonchev–Trinajstić information content (AvgIpc) is 3.19. The van der Waals surface area contributed by atoms with Gasteiger partial charge in [-0.2, -0.15) is 0 Å². The molecule has 9 heteroatoms. The Morgan fingerprint density at radius 3 is 2.41 bits per heavy atom. The number of amides is 1. The highest BCUT2D eigenvalue weighted by molar-refractivity contribution is 14.0. The number of hydrogen-bond acceptors (Lipinski definition) is 5. The van der Waals surface area contributed by atoms with Crippen molar-refractivity contribution in [2.45, 2.75) is 31.7 Å². The van der Waals surface area contributed by atoms with Gasteiger partial charge in [-0.05, 0) is 18.9 Å². The van der Waals surface area contributed by atoms with Crippen LogP contribution in [-0.2, 0) is 4.79 Å². The first-order valence-corrected chi connectivity index (χ1v) is 9.41. The van der Waals surface area contributed by atoms with Gasteiger partial charge in [-0.1, -0.05) is 12.8 Å². The number of likely N-dealkylation sites (N-methyl/N-ethyl adjacent to an activating group) is 1. The molecule has 0 bridgehead atoms. The van der Waals surface area contributed by atoms with E-state index in [0.717, 1.165) is 38.1 Å². The lowest BCUT2D eigenvalue weighted by Crippen LogP contribution is -2.54. The van der Waals surface area contributed by atoms with Gasteiger partial charge in [0.2, 0.25) is 11.9 Å². The predicted octanol–water partition coefficient (Wildman–Crippen LogP) is 1.19. The van der Waals surface area contributed by atoms with Crippen LogP contribution in [0.1, 0.15) is 25.7 Å². The quantitative estimate of drug-likeness (QED) is 0.391. The highest BCUT2D eigenvalue weighted by atomic mass is 127. The Hall–Kier alpha value is -1.65. The van der Waals surface area contributed by atoms with Gasteiger partial charge in [0.25, 0.3) is 0 Å². The van der Waals surface area contributed by atoms with Crippen LogP contribution in [0.2, 0.25) is 0 Å². The molecule has 1 saturated carbocycles. The minimum Gasteiger partial charge on any atom is -0.353 e. The smallest absolute Gasteiger partial charge is 0.243 e. The highest BCUT2D eigenvalue weighted by Crippen LogP contribution is 2.18. The molecule has 0 radical (unpaired) electrons. The maximum atomic E-state index is 12.0. The van der Waals surface area contributed by atoms with Gasteiger partial charge >= 0.3 is 0 Å². The first-order valence-electron chi connectivity index (χ1n) is 9.41. The minimum atomic E-state index is 0. The first kappa shape index (κ1) is 21.6. The number of aliphatic imine (C=N–C) groups is 1. The SMILES string of the molecule is CN(C)C(=O)CN=C(NC1CCCC1)N1CCN(c2ncccn2)CC1.I. The predicted molar refractivity (Wildman–Crippen MR) is 118 cm³/mol. The second-order valence-electron chi connectivity index (χ2n) is 7.08. The van der Waals surface area contributed by atoms with Gasteiger partial charge in [0, 0.05) is 58.7 Å². The van der Waals surface area contributed by atoms with Crippen molar-refractivity contribution in [2.75, 3.05) is 51.7 Å². The lowest BCUT2D eigenvalue weighted by Gasteiger charge is -2.37. The third kappa shape index (κ3) is 6.18. The summed E-state index contributed by atoms with van der Waals surface area (Å²) in [5, 5.41) is 3.59. The maximum Gasteiger partial charge on any atom is 0.243 e. The number of carbonyl (C=O) groups excluding carboxylic acids is 1. The number of anilines is 1. The van der Waals surface area contributed by atoms with Crippen molar-refractivity contribution in [3.8, 4) is 0 Å². The number of nitrogens with zero attached hydrogens (tertiary/aromatic N) is 6. The van der Waals surface area contributed by atoms with Crippen LogP contribution in [0.15, 0.2) is 23.5 Å². The number of rotatable bonds is 4. The highest BCUT2D eigenvalue weighted by Gasteiger charge is 2.24. The van der Waals surface area contributed by atoms with Crippen molar-refractivity contribution in [3.05, 3.63) is 18.5 Å². The number of nitrogens with one attached hydrogen (secondary N) is 1. The van der Waals surface area contributed by atoms with E-state index in [-0.39, 0.29) is 36.4 Å². The summed E-state index contributed by atoms with van der Waals surface area (Å²) in [7, 11) is 3.53. The molecule has 2 heterocycles. The lowest BCUT2D eigenvalue weighted by atomic mass is 10.2. The van der Waals surface area contributed by atoms with Crippen LogP contribution in [0.5, 0.6) is 0 Å². The molecule has 1 aromatic heterocycles. The molecule has 0 atom stereocenters. The van der Waals surface area contributed by atoms with Crippen LogP contribution in [0.4, 0.5) is 5.95 Å². The van der Waals surface area contributed by atoms with Crippen molar-refractivity contribution < 1.29 is 4.79 Å². The van der Waals surface area contributed by atoms with E-state index in [1.165, 1.54) is 25.7 Å². The molecule has 0 aromatic carbocycles. The number of piperazine rings is 1. The van der Waals surface area contributed by atoms with E-state index in [4.69, 9.17) is 0 Å². The molecule has 3 rings (SSSR count). The molecule has 8 nitrogen and oxygen atoms in total. The van der Waals surface area contributed by atoms with Crippen molar-refractivity contribution in [2.24, 2.45) is 4.99 Å². The van der Waals surface area contributed by atoms with Gasteiger partial charge in [0.05, 0.1) is 0 Å². The molecule has 150 valence electrons. The molecular formula is C18H30IN7O. The first-order chi connectivity index (χ1) is 12.6. The fourth-order valence-corrected chi connectivity index (χ4v) is 3.35. The maximum absolute atomic E-state index is 12.0. The Balaban J connectivity index is 0.00000261. The normalized spacial score (nSPS) is 18.2. The van der Waals surface area contributed by atoms with Gasteiger partial charge in [-0.25, -0.2) is 15.0 Å². The fraction of sp³-hybridized carbons (Fsp3) is 0.667. The van der Waals surface area contributed by atoms with Gasteiger partial charge in [0.1, 0.15) is 6.54 Å². The van der Waals surface area contributed by atoms with Crippen molar-refractivity contribution >= 4 is 41.8 Å². The Morgan fingerprint density at radius 2 is 1.81 bits per heavy atom. The molecule has 1 saturated heterocycles. The number of carbonyl (C=O) groups is 1. The molecular weight excluding hydrogens is 457 g/mol. The molecule has 1 aliphatic heterocycles. The van der Waals surface area contributed by atoms with E-state index in [9.17, 15) is 4.79 Å². The zero-order valence-electron chi connectivity index (χ0n) is 16.2. The van der Waals surface area contributed by atoms with Crippen LogP contribution in [-0.4, -0.2) is 84.5 Å². The fourth-order valence-electron chi connectivity index (χ4n) is 3.35. The van der Waals surface area contributed by atoms with Crippen LogP contribution >= 0.6 is 24.0 Å². The van der Waals surface area contributed by atoms with E-state index >= 15 is 0 Å². The van der Waals surface area contributed by atoms with E-state index in [2.05, 4.69) is 30.1 Å². The van der Waals surface area contributed by atoms with Crippen LogP contribution < -0.4 is 10.2 Å². The molecule has 1 aromatic rings. The summed E-state index contributed by atoms with van der Waals surface area (Å²) < 4.78 is 0. The molecule has 2 aliphatic rings. The van der Waals surface area contributed by atoms with E-state index < -0.39 is 0 Å². The zero-order valence-corrected chi connectivity index (χ0v) is 18.5. The number of hydrogen-bond donors (Lipinski definition) is 1. The van der Waals surface area contributed by atoms with E-state index in [1.54, 1.807) is 31.4 Å². The van der Waals surface area contributed by atoms with Crippen LogP contribution in [0.3, 0.4) is 0 Å². The molecule has 1 amide bonds. The average molecular weight is 487 g/mol. The van der Waals surface area contributed by atoms with Gasteiger partial charge in [0.15, 0.2) is 5.96 Å².